The summed E-state index contributed by atoms with van der Waals surface area (Å²) in [5.74, 6) is -0.411. The number of carbonyl (C=O) groups excluding carboxylic acids is 1. The number of rotatable bonds is 1. The van der Waals surface area contributed by atoms with Crippen LogP contribution < -0.4 is 5.73 Å². The van der Waals surface area contributed by atoms with Crippen molar-refractivity contribution in [3.8, 4) is 0 Å². The van der Waals surface area contributed by atoms with Crippen LogP contribution in [-0.4, -0.2) is 11.0 Å². The maximum absolute atomic E-state index is 11.0. The van der Waals surface area contributed by atoms with Gasteiger partial charge in [0.05, 0.1) is 6.10 Å². The monoisotopic (exact) mass is 177 g/mol. The van der Waals surface area contributed by atoms with Gasteiger partial charge in [0.2, 0.25) is 5.91 Å². The number of aliphatic hydroxyl groups excluding tert-OH is 1. The van der Waals surface area contributed by atoms with Crippen molar-refractivity contribution < 1.29 is 9.90 Å². The molecule has 1 aliphatic carbocycles. The average molecular weight is 177 g/mol. The maximum Gasteiger partial charge on any atom is 0.248 e. The molecule has 3 nitrogen and oxygen atoms in total. The van der Waals surface area contributed by atoms with Gasteiger partial charge in [-0.15, -0.1) is 0 Å². The molecule has 0 saturated heterocycles. The second-order valence-corrected chi connectivity index (χ2v) is 3.29. The standard InChI is InChI=1S/C10H11NO2/c11-10(13)8-3-1-2-7-6(8)4-5-9(7)12/h1-3,9,12H,4-5H2,(H2,11,13). The number of carbonyl (C=O) groups is 1. The molecule has 0 radical (unpaired) electrons. The van der Waals surface area contributed by atoms with Crippen LogP contribution >= 0.6 is 0 Å². The molecule has 0 aromatic heterocycles. The van der Waals surface area contributed by atoms with E-state index in [1.54, 1.807) is 12.1 Å². The number of primary amides is 1. The maximum atomic E-state index is 11.0. The Morgan fingerprint density at radius 1 is 1.54 bits per heavy atom. The number of hydrogen-bond acceptors (Lipinski definition) is 2. The van der Waals surface area contributed by atoms with E-state index in [4.69, 9.17) is 5.73 Å². The van der Waals surface area contributed by atoms with Crippen LogP contribution in [0.15, 0.2) is 18.2 Å². The second-order valence-electron chi connectivity index (χ2n) is 3.29. The van der Waals surface area contributed by atoms with E-state index in [-0.39, 0.29) is 0 Å². The summed E-state index contributed by atoms with van der Waals surface area (Å²) >= 11 is 0. The normalized spacial score (nSPS) is 19.9. The Balaban J connectivity index is 2.57. The molecular formula is C10H11NO2. The predicted molar refractivity (Wildman–Crippen MR) is 48.2 cm³/mol. The molecule has 1 aliphatic rings. The van der Waals surface area contributed by atoms with Crippen molar-refractivity contribution in [3.63, 3.8) is 0 Å². The Morgan fingerprint density at radius 2 is 2.31 bits per heavy atom. The third kappa shape index (κ3) is 1.21. The molecule has 1 aromatic carbocycles. The lowest BCUT2D eigenvalue weighted by molar-refractivity contribution is 0.0999. The van der Waals surface area contributed by atoms with Crippen molar-refractivity contribution in [2.24, 2.45) is 5.73 Å². The molecule has 1 atom stereocenters. The van der Waals surface area contributed by atoms with E-state index in [2.05, 4.69) is 0 Å². The van der Waals surface area contributed by atoms with Crippen LogP contribution in [-0.2, 0) is 6.42 Å². The van der Waals surface area contributed by atoms with Crippen molar-refractivity contribution in [1.82, 2.24) is 0 Å². The minimum atomic E-state index is -0.422. The Labute approximate surface area is 76.2 Å². The number of hydrogen-bond donors (Lipinski definition) is 2. The highest BCUT2D eigenvalue weighted by Gasteiger charge is 2.23. The lowest BCUT2D eigenvalue weighted by Gasteiger charge is -2.05. The molecule has 68 valence electrons. The zero-order valence-electron chi connectivity index (χ0n) is 7.16. The Hall–Kier alpha value is -1.35. The summed E-state index contributed by atoms with van der Waals surface area (Å²) in [4.78, 5) is 11.0. The van der Waals surface area contributed by atoms with Gasteiger partial charge in [0, 0.05) is 5.56 Å². The highest BCUT2D eigenvalue weighted by molar-refractivity contribution is 5.94. The van der Waals surface area contributed by atoms with E-state index in [0.717, 1.165) is 17.5 Å². The van der Waals surface area contributed by atoms with E-state index in [0.29, 0.717) is 12.0 Å². The highest BCUT2D eigenvalue weighted by atomic mass is 16.3. The van der Waals surface area contributed by atoms with Crippen LogP contribution in [0.2, 0.25) is 0 Å². The summed E-state index contributed by atoms with van der Waals surface area (Å²) in [6, 6.07) is 5.31. The van der Waals surface area contributed by atoms with Gasteiger partial charge in [-0.2, -0.15) is 0 Å². The molecule has 1 amide bonds. The SMILES string of the molecule is NC(=O)c1cccc2c1CCC2O. The fraction of sp³-hybridized carbons (Fsp3) is 0.300. The van der Waals surface area contributed by atoms with Crippen molar-refractivity contribution in [2.75, 3.05) is 0 Å². The van der Waals surface area contributed by atoms with Gasteiger partial charge in [0.15, 0.2) is 0 Å². The number of benzene rings is 1. The fourth-order valence-corrected chi connectivity index (χ4v) is 1.86. The third-order valence-electron chi connectivity index (χ3n) is 2.50. The van der Waals surface area contributed by atoms with E-state index >= 15 is 0 Å². The molecule has 3 heteroatoms. The van der Waals surface area contributed by atoms with Crippen molar-refractivity contribution in [2.45, 2.75) is 18.9 Å². The highest BCUT2D eigenvalue weighted by Crippen LogP contribution is 2.32. The van der Waals surface area contributed by atoms with E-state index in [1.807, 2.05) is 6.07 Å². The first-order valence-corrected chi connectivity index (χ1v) is 4.30. The lowest BCUT2D eigenvalue weighted by atomic mass is 10.0. The van der Waals surface area contributed by atoms with Gasteiger partial charge in [-0.05, 0) is 30.0 Å². The van der Waals surface area contributed by atoms with Crippen LogP contribution in [0.4, 0.5) is 0 Å². The molecule has 3 N–H and O–H groups in total. The average Bonchev–Trinajstić information content (AvgIpc) is 2.48. The first-order valence-electron chi connectivity index (χ1n) is 4.30. The summed E-state index contributed by atoms with van der Waals surface area (Å²) in [6.45, 7) is 0. The van der Waals surface area contributed by atoms with Crippen LogP contribution in [0, 0.1) is 0 Å². The van der Waals surface area contributed by atoms with E-state index in [9.17, 15) is 9.90 Å². The van der Waals surface area contributed by atoms with Crippen molar-refractivity contribution in [1.29, 1.82) is 0 Å². The van der Waals surface area contributed by atoms with Gasteiger partial charge in [-0.3, -0.25) is 4.79 Å². The topological polar surface area (TPSA) is 63.3 Å². The summed E-state index contributed by atoms with van der Waals surface area (Å²) in [7, 11) is 0. The van der Waals surface area contributed by atoms with Gasteiger partial charge in [0.25, 0.3) is 0 Å². The Kier molecular flexibility index (Phi) is 1.81. The molecule has 13 heavy (non-hydrogen) atoms. The van der Waals surface area contributed by atoms with Gasteiger partial charge >= 0.3 is 0 Å². The smallest absolute Gasteiger partial charge is 0.248 e. The van der Waals surface area contributed by atoms with Crippen LogP contribution in [0.1, 0.15) is 34.0 Å². The van der Waals surface area contributed by atoms with Gasteiger partial charge < -0.3 is 10.8 Å². The zero-order chi connectivity index (χ0) is 9.42. The largest absolute Gasteiger partial charge is 0.388 e. The second kappa shape index (κ2) is 2.85. The third-order valence-corrected chi connectivity index (χ3v) is 2.50. The minimum absolute atomic E-state index is 0.411. The number of nitrogens with two attached hydrogens (primary N) is 1. The molecule has 0 bridgehead atoms. The Morgan fingerprint density at radius 3 is 3.00 bits per heavy atom. The molecule has 0 aliphatic heterocycles. The number of fused-ring (bicyclic) bond motifs is 1. The summed E-state index contributed by atoms with van der Waals surface area (Å²) in [6.07, 6.45) is 1.02. The van der Waals surface area contributed by atoms with Gasteiger partial charge in [-0.1, -0.05) is 12.1 Å². The minimum Gasteiger partial charge on any atom is -0.388 e. The molecular weight excluding hydrogens is 166 g/mol. The molecule has 0 heterocycles. The summed E-state index contributed by atoms with van der Waals surface area (Å²) in [5, 5.41) is 9.54. The van der Waals surface area contributed by atoms with E-state index < -0.39 is 12.0 Å². The van der Waals surface area contributed by atoms with Crippen LogP contribution in [0.5, 0.6) is 0 Å². The molecule has 1 aromatic rings. The summed E-state index contributed by atoms with van der Waals surface area (Å²) < 4.78 is 0. The zero-order valence-corrected chi connectivity index (χ0v) is 7.16. The van der Waals surface area contributed by atoms with Crippen molar-refractivity contribution in [3.05, 3.63) is 34.9 Å². The molecule has 0 spiro atoms. The van der Waals surface area contributed by atoms with Gasteiger partial charge in [-0.25, -0.2) is 0 Å². The molecule has 2 rings (SSSR count). The predicted octanol–water partition coefficient (Wildman–Crippen LogP) is 0.765. The Bertz CT molecular complexity index is 360. The fourth-order valence-electron chi connectivity index (χ4n) is 1.86. The molecule has 0 fully saturated rings. The number of aliphatic hydroxyl groups is 1. The first kappa shape index (κ1) is 8.26. The first-order chi connectivity index (χ1) is 6.20. The lowest BCUT2D eigenvalue weighted by Crippen LogP contribution is -2.13. The van der Waals surface area contributed by atoms with Gasteiger partial charge in [0.1, 0.15) is 0 Å². The van der Waals surface area contributed by atoms with Crippen LogP contribution in [0.25, 0.3) is 0 Å². The van der Waals surface area contributed by atoms with Crippen molar-refractivity contribution >= 4 is 5.91 Å². The molecule has 0 saturated carbocycles. The molecule has 1 unspecified atom stereocenters. The van der Waals surface area contributed by atoms with Crippen LogP contribution in [0.3, 0.4) is 0 Å². The van der Waals surface area contributed by atoms with E-state index in [1.165, 1.54) is 0 Å². The quantitative estimate of drug-likeness (QED) is 0.665. The summed E-state index contributed by atoms with van der Waals surface area (Å²) in [5.41, 5.74) is 7.54. The number of amides is 1.